The molecule has 4 rings (SSSR count). The van der Waals surface area contributed by atoms with Gasteiger partial charge in [0.2, 0.25) is 0 Å². The van der Waals surface area contributed by atoms with Gasteiger partial charge in [-0.3, -0.25) is 0 Å². The van der Waals surface area contributed by atoms with E-state index < -0.39 is 0 Å². The van der Waals surface area contributed by atoms with Crippen LogP contribution in [0.15, 0.2) is 67.1 Å². The number of aromatic nitrogens is 2. The molecular weight excluding hydrogens is 382 g/mol. The fourth-order valence-electron chi connectivity index (χ4n) is 3.75. The van der Waals surface area contributed by atoms with Crippen LogP contribution in [0.1, 0.15) is 29.7 Å². The van der Waals surface area contributed by atoms with Crippen molar-refractivity contribution < 1.29 is 0 Å². The molecule has 0 amide bonds. The van der Waals surface area contributed by atoms with Crippen LogP contribution in [0.25, 0.3) is 0 Å². The van der Waals surface area contributed by atoms with Gasteiger partial charge in [-0.25, -0.2) is 4.98 Å². The number of hydrogen-bond acceptors (Lipinski definition) is 4. The third-order valence-electron chi connectivity index (χ3n) is 5.42. The quantitative estimate of drug-likeness (QED) is 0.671. The average Bonchev–Trinajstić information content (AvgIpc) is 3.21. The zero-order chi connectivity index (χ0) is 19.2. The second-order valence-electron chi connectivity index (χ2n) is 7.30. The van der Waals surface area contributed by atoms with Gasteiger partial charge in [0.1, 0.15) is 0 Å². The standard InChI is InChI=1S/C23H25N5.ClH/c24-14-19-6-8-20(9-7-19)17-28-18-25-15-23(28)16-26-21-10-12-27(13-11-21)22-4-2-1-3-5-22;/h1-9,15,18,21,26H,10-13,16-17H2;1H. The van der Waals surface area contributed by atoms with Crippen LogP contribution in [0, 0.1) is 11.3 Å². The van der Waals surface area contributed by atoms with E-state index in [0.717, 1.165) is 39.0 Å². The summed E-state index contributed by atoms with van der Waals surface area (Å²) >= 11 is 0. The number of halogens is 1. The number of piperidine rings is 1. The zero-order valence-electron chi connectivity index (χ0n) is 16.4. The number of benzene rings is 2. The minimum absolute atomic E-state index is 0. The summed E-state index contributed by atoms with van der Waals surface area (Å²) in [5.74, 6) is 0. The Morgan fingerprint density at radius 1 is 1.03 bits per heavy atom. The Kier molecular flexibility index (Phi) is 7.29. The molecule has 1 N–H and O–H groups in total. The molecule has 5 nitrogen and oxygen atoms in total. The minimum atomic E-state index is 0. The Morgan fingerprint density at radius 2 is 1.76 bits per heavy atom. The Morgan fingerprint density at radius 3 is 2.45 bits per heavy atom. The van der Waals surface area contributed by atoms with Crippen molar-refractivity contribution in [2.24, 2.45) is 0 Å². The summed E-state index contributed by atoms with van der Waals surface area (Å²) in [5, 5.41) is 12.6. The summed E-state index contributed by atoms with van der Waals surface area (Å²) in [4.78, 5) is 6.80. The van der Waals surface area contributed by atoms with E-state index >= 15 is 0 Å². The summed E-state index contributed by atoms with van der Waals surface area (Å²) in [6.45, 7) is 3.78. The molecule has 1 fully saturated rings. The SMILES string of the molecule is Cl.N#Cc1ccc(Cn2cncc2CNC2CCN(c3ccccc3)CC2)cc1. The molecule has 6 heteroatoms. The maximum absolute atomic E-state index is 8.93. The first kappa shape index (κ1) is 20.9. The molecule has 0 spiro atoms. The lowest BCUT2D eigenvalue weighted by molar-refractivity contribution is 0.409. The van der Waals surface area contributed by atoms with E-state index in [9.17, 15) is 0 Å². The lowest BCUT2D eigenvalue weighted by Crippen LogP contribution is -2.42. The van der Waals surface area contributed by atoms with E-state index in [2.05, 4.69) is 56.2 Å². The lowest BCUT2D eigenvalue weighted by atomic mass is 10.0. The van der Waals surface area contributed by atoms with Gasteiger partial charge in [-0.1, -0.05) is 30.3 Å². The fourth-order valence-corrected chi connectivity index (χ4v) is 3.75. The maximum atomic E-state index is 8.93. The second-order valence-corrected chi connectivity index (χ2v) is 7.30. The molecule has 0 aliphatic carbocycles. The van der Waals surface area contributed by atoms with Crippen molar-refractivity contribution in [1.82, 2.24) is 14.9 Å². The van der Waals surface area contributed by atoms with Crippen LogP contribution in [0.3, 0.4) is 0 Å². The minimum Gasteiger partial charge on any atom is -0.371 e. The molecule has 0 unspecified atom stereocenters. The van der Waals surface area contributed by atoms with Gasteiger partial charge in [-0.15, -0.1) is 12.4 Å². The summed E-state index contributed by atoms with van der Waals surface area (Å²) in [6.07, 6.45) is 6.13. The molecule has 2 aromatic carbocycles. The largest absolute Gasteiger partial charge is 0.371 e. The van der Waals surface area contributed by atoms with Crippen molar-refractivity contribution in [1.29, 1.82) is 5.26 Å². The van der Waals surface area contributed by atoms with E-state index in [0.29, 0.717) is 11.6 Å². The van der Waals surface area contributed by atoms with Gasteiger partial charge in [-0.05, 0) is 42.7 Å². The number of anilines is 1. The number of rotatable bonds is 6. The average molecular weight is 408 g/mol. The molecule has 0 radical (unpaired) electrons. The number of nitrogens with one attached hydrogen (secondary N) is 1. The van der Waals surface area contributed by atoms with Crippen LogP contribution < -0.4 is 10.2 Å². The van der Waals surface area contributed by atoms with Gasteiger partial charge in [0.05, 0.1) is 23.7 Å². The number of para-hydroxylation sites is 1. The summed E-state index contributed by atoms with van der Waals surface area (Å²) in [5.41, 5.74) is 4.38. The molecule has 2 heterocycles. The molecule has 0 atom stereocenters. The van der Waals surface area contributed by atoms with E-state index in [1.54, 1.807) is 0 Å². The monoisotopic (exact) mass is 407 g/mol. The Bertz CT molecular complexity index is 922. The van der Waals surface area contributed by atoms with E-state index in [1.807, 2.05) is 36.8 Å². The first-order chi connectivity index (χ1) is 13.8. The molecule has 1 aromatic heterocycles. The number of nitrogens with zero attached hydrogens (tertiary/aromatic N) is 4. The Hall–Kier alpha value is -2.81. The third-order valence-corrected chi connectivity index (χ3v) is 5.42. The smallest absolute Gasteiger partial charge is 0.0991 e. The molecular formula is C23H26ClN5. The highest BCUT2D eigenvalue weighted by atomic mass is 35.5. The maximum Gasteiger partial charge on any atom is 0.0991 e. The van der Waals surface area contributed by atoms with Gasteiger partial charge < -0.3 is 14.8 Å². The predicted octanol–water partition coefficient (Wildman–Crippen LogP) is 3.98. The van der Waals surface area contributed by atoms with Crippen LogP contribution >= 0.6 is 12.4 Å². The number of imidazole rings is 1. The zero-order valence-corrected chi connectivity index (χ0v) is 17.2. The summed E-state index contributed by atoms with van der Waals surface area (Å²) in [6, 6.07) is 21.1. The van der Waals surface area contributed by atoms with E-state index in [-0.39, 0.29) is 12.4 Å². The highest BCUT2D eigenvalue weighted by Gasteiger charge is 2.19. The normalized spacial score (nSPS) is 14.2. The van der Waals surface area contributed by atoms with Crippen LogP contribution in [0.2, 0.25) is 0 Å². The van der Waals surface area contributed by atoms with Crippen molar-refractivity contribution in [2.45, 2.75) is 32.0 Å². The van der Waals surface area contributed by atoms with Gasteiger partial charge in [0, 0.05) is 44.1 Å². The van der Waals surface area contributed by atoms with Crippen molar-refractivity contribution in [2.75, 3.05) is 18.0 Å². The molecule has 0 saturated carbocycles. The van der Waals surface area contributed by atoms with Crippen molar-refractivity contribution in [3.05, 3.63) is 83.9 Å². The highest BCUT2D eigenvalue weighted by molar-refractivity contribution is 5.85. The lowest BCUT2D eigenvalue weighted by Gasteiger charge is -2.34. The van der Waals surface area contributed by atoms with Crippen molar-refractivity contribution >= 4 is 18.1 Å². The van der Waals surface area contributed by atoms with Crippen LogP contribution in [-0.2, 0) is 13.1 Å². The molecule has 1 aliphatic rings. The van der Waals surface area contributed by atoms with E-state index in [1.165, 1.54) is 16.9 Å². The molecule has 29 heavy (non-hydrogen) atoms. The van der Waals surface area contributed by atoms with Crippen molar-refractivity contribution in [3.8, 4) is 6.07 Å². The van der Waals surface area contributed by atoms with Crippen LogP contribution in [0.5, 0.6) is 0 Å². The fraction of sp³-hybridized carbons (Fsp3) is 0.304. The first-order valence-electron chi connectivity index (χ1n) is 9.83. The van der Waals surface area contributed by atoms with E-state index in [4.69, 9.17) is 5.26 Å². The van der Waals surface area contributed by atoms with Crippen molar-refractivity contribution in [3.63, 3.8) is 0 Å². The Balaban J connectivity index is 0.00000240. The third kappa shape index (κ3) is 5.38. The Labute approximate surface area is 178 Å². The summed E-state index contributed by atoms with van der Waals surface area (Å²) in [7, 11) is 0. The topological polar surface area (TPSA) is 56.9 Å². The van der Waals surface area contributed by atoms with Crippen LogP contribution in [0.4, 0.5) is 5.69 Å². The highest BCUT2D eigenvalue weighted by Crippen LogP contribution is 2.19. The molecule has 1 aliphatic heterocycles. The van der Waals surface area contributed by atoms with Crippen LogP contribution in [-0.4, -0.2) is 28.7 Å². The first-order valence-corrected chi connectivity index (χ1v) is 9.83. The predicted molar refractivity (Wildman–Crippen MR) is 118 cm³/mol. The molecule has 0 bridgehead atoms. The molecule has 1 saturated heterocycles. The molecule has 150 valence electrons. The number of nitriles is 1. The summed E-state index contributed by atoms with van der Waals surface area (Å²) < 4.78 is 2.17. The van der Waals surface area contributed by atoms with Gasteiger partial charge >= 0.3 is 0 Å². The number of hydrogen-bond donors (Lipinski definition) is 1. The van der Waals surface area contributed by atoms with Gasteiger partial charge in [0.15, 0.2) is 0 Å². The van der Waals surface area contributed by atoms with Gasteiger partial charge in [-0.2, -0.15) is 5.26 Å². The second kappa shape index (κ2) is 10.1. The molecule has 3 aromatic rings. The van der Waals surface area contributed by atoms with Gasteiger partial charge in [0.25, 0.3) is 0 Å².